The number of nitrogens with one attached hydrogen (secondary N) is 1. The molecule has 0 fully saturated rings. The highest BCUT2D eigenvalue weighted by Gasteiger charge is 2.06. The molecule has 0 aliphatic carbocycles. The maximum atomic E-state index is 8.46. The molecule has 4 nitrogen and oxygen atoms in total. The molecule has 0 atom stereocenters. The molecule has 0 aromatic heterocycles. The first-order valence-electron chi connectivity index (χ1n) is 6.07. The van der Waals surface area contributed by atoms with E-state index in [1.54, 1.807) is 0 Å². The first kappa shape index (κ1) is 15.8. The minimum Gasteiger partial charge on any atom is -0.394 e. The van der Waals surface area contributed by atoms with Crippen molar-refractivity contribution in [3.05, 3.63) is 0 Å². The van der Waals surface area contributed by atoms with Crippen LogP contribution in [0.3, 0.4) is 0 Å². The van der Waals surface area contributed by atoms with Crippen molar-refractivity contribution in [1.82, 2.24) is 5.32 Å². The van der Waals surface area contributed by atoms with E-state index in [-0.39, 0.29) is 12.1 Å². The maximum absolute atomic E-state index is 8.46. The van der Waals surface area contributed by atoms with Gasteiger partial charge in [-0.25, -0.2) is 0 Å². The zero-order chi connectivity index (χ0) is 12.3. The number of aliphatic hydroxyl groups is 1. The van der Waals surface area contributed by atoms with Gasteiger partial charge in [-0.15, -0.1) is 0 Å². The summed E-state index contributed by atoms with van der Waals surface area (Å²) < 4.78 is 10.4. The summed E-state index contributed by atoms with van der Waals surface area (Å²) in [5, 5.41) is 11.9. The fourth-order valence-electron chi connectivity index (χ4n) is 1.18. The predicted molar refractivity (Wildman–Crippen MR) is 65.7 cm³/mol. The SMILES string of the molecule is CC(C)(C)NCCCCOCCOCCO. The van der Waals surface area contributed by atoms with Crippen LogP contribution in [0.4, 0.5) is 0 Å². The van der Waals surface area contributed by atoms with E-state index < -0.39 is 0 Å². The zero-order valence-electron chi connectivity index (χ0n) is 10.9. The highest BCUT2D eigenvalue weighted by molar-refractivity contribution is 4.69. The van der Waals surface area contributed by atoms with Crippen molar-refractivity contribution in [2.45, 2.75) is 39.2 Å². The molecular weight excluding hydrogens is 206 g/mol. The molecular formula is C12H27NO3. The van der Waals surface area contributed by atoms with Crippen LogP contribution in [0.5, 0.6) is 0 Å². The second-order valence-electron chi connectivity index (χ2n) is 4.83. The van der Waals surface area contributed by atoms with Gasteiger partial charge in [-0.05, 0) is 40.2 Å². The van der Waals surface area contributed by atoms with Crippen molar-refractivity contribution in [2.24, 2.45) is 0 Å². The molecule has 0 aromatic rings. The highest BCUT2D eigenvalue weighted by Crippen LogP contribution is 1.99. The molecule has 0 saturated carbocycles. The molecule has 0 unspecified atom stereocenters. The second-order valence-corrected chi connectivity index (χ2v) is 4.83. The highest BCUT2D eigenvalue weighted by atomic mass is 16.5. The largest absolute Gasteiger partial charge is 0.394 e. The maximum Gasteiger partial charge on any atom is 0.0701 e. The van der Waals surface area contributed by atoms with Crippen LogP contribution in [-0.2, 0) is 9.47 Å². The van der Waals surface area contributed by atoms with Gasteiger partial charge >= 0.3 is 0 Å². The lowest BCUT2D eigenvalue weighted by molar-refractivity contribution is 0.0321. The smallest absolute Gasteiger partial charge is 0.0701 e. The number of rotatable bonds is 10. The number of unbranched alkanes of at least 4 members (excludes halogenated alkanes) is 1. The Labute approximate surface area is 99.3 Å². The lowest BCUT2D eigenvalue weighted by atomic mass is 10.1. The molecule has 0 saturated heterocycles. The Hall–Kier alpha value is -0.160. The van der Waals surface area contributed by atoms with Gasteiger partial charge in [-0.1, -0.05) is 0 Å². The van der Waals surface area contributed by atoms with E-state index in [0.29, 0.717) is 19.8 Å². The van der Waals surface area contributed by atoms with Gasteiger partial charge in [0.2, 0.25) is 0 Å². The van der Waals surface area contributed by atoms with Gasteiger partial charge in [0.05, 0.1) is 26.4 Å². The van der Waals surface area contributed by atoms with E-state index in [0.717, 1.165) is 26.0 Å². The summed E-state index contributed by atoms with van der Waals surface area (Å²) in [4.78, 5) is 0. The van der Waals surface area contributed by atoms with Crippen molar-refractivity contribution in [3.8, 4) is 0 Å². The van der Waals surface area contributed by atoms with Crippen LogP contribution in [0.2, 0.25) is 0 Å². The minimum absolute atomic E-state index is 0.0818. The Morgan fingerprint density at radius 2 is 1.56 bits per heavy atom. The summed E-state index contributed by atoms with van der Waals surface area (Å²) in [6, 6.07) is 0. The summed E-state index contributed by atoms with van der Waals surface area (Å²) in [6.45, 7) is 10.00. The lowest BCUT2D eigenvalue weighted by Crippen LogP contribution is -2.36. The van der Waals surface area contributed by atoms with Gasteiger partial charge in [0.1, 0.15) is 0 Å². The molecule has 0 amide bonds. The topological polar surface area (TPSA) is 50.7 Å². The van der Waals surface area contributed by atoms with Crippen LogP contribution >= 0.6 is 0 Å². The fraction of sp³-hybridized carbons (Fsp3) is 1.00. The molecule has 0 aliphatic heterocycles. The Morgan fingerprint density at radius 1 is 0.938 bits per heavy atom. The third-order valence-corrected chi connectivity index (χ3v) is 1.98. The summed E-state index contributed by atoms with van der Waals surface area (Å²) in [5.41, 5.74) is 0.207. The van der Waals surface area contributed by atoms with E-state index in [2.05, 4.69) is 26.1 Å². The monoisotopic (exact) mass is 233 g/mol. The molecule has 2 N–H and O–H groups in total. The van der Waals surface area contributed by atoms with Gasteiger partial charge in [-0.2, -0.15) is 0 Å². The van der Waals surface area contributed by atoms with Gasteiger partial charge in [0.15, 0.2) is 0 Å². The van der Waals surface area contributed by atoms with Gasteiger partial charge < -0.3 is 19.9 Å². The molecule has 4 heteroatoms. The molecule has 0 spiro atoms. The fourth-order valence-corrected chi connectivity index (χ4v) is 1.18. The number of ether oxygens (including phenoxy) is 2. The molecule has 0 aliphatic rings. The van der Waals surface area contributed by atoms with Crippen molar-refractivity contribution >= 4 is 0 Å². The van der Waals surface area contributed by atoms with E-state index in [1.165, 1.54) is 0 Å². The lowest BCUT2D eigenvalue weighted by Gasteiger charge is -2.20. The number of hydrogen-bond acceptors (Lipinski definition) is 4. The summed E-state index contributed by atoms with van der Waals surface area (Å²) in [6.07, 6.45) is 2.21. The number of aliphatic hydroxyl groups excluding tert-OH is 1. The Bertz CT molecular complexity index is 146. The standard InChI is InChI=1S/C12H27NO3/c1-12(2,3)13-6-4-5-8-15-10-11-16-9-7-14/h13-14H,4-11H2,1-3H3. The van der Waals surface area contributed by atoms with E-state index in [4.69, 9.17) is 14.6 Å². The molecule has 0 radical (unpaired) electrons. The van der Waals surface area contributed by atoms with Crippen molar-refractivity contribution in [1.29, 1.82) is 0 Å². The van der Waals surface area contributed by atoms with Gasteiger partial charge in [0.25, 0.3) is 0 Å². The summed E-state index contributed by atoms with van der Waals surface area (Å²) in [7, 11) is 0. The van der Waals surface area contributed by atoms with Crippen LogP contribution in [-0.4, -0.2) is 50.2 Å². The zero-order valence-corrected chi connectivity index (χ0v) is 10.9. The van der Waals surface area contributed by atoms with E-state index in [9.17, 15) is 0 Å². The molecule has 16 heavy (non-hydrogen) atoms. The average Bonchev–Trinajstić information content (AvgIpc) is 2.19. The molecule has 0 rings (SSSR count). The first-order chi connectivity index (χ1) is 7.56. The molecule has 98 valence electrons. The Kier molecular flexibility index (Phi) is 9.92. The third-order valence-electron chi connectivity index (χ3n) is 1.98. The van der Waals surface area contributed by atoms with Crippen molar-refractivity contribution < 1.29 is 14.6 Å². The number of hydrogen-bond donors (Lipinski definition) is 2. The average molecular weight is 233 g/mol. The van der Waals surface area contributed by atoms with Crippen LogP contribution < -0.4 is 5.32 Å². The summed E-state index contributed by atoms with van der Waals surface area (Å²) in [5.74, 6) is 0. The molecule has 0 heterocycles. The quantitative estimate of drug-likeness (QED) is 0.556. The van der Waals surface area contributed by atoms with Crippen LogP contribution in [0.1, 0.15) is 33.6 Å². The molecule has 0 bridgehead atoms. The second kappa shape index (κ2) is 10.0. The van der Waals surface area contributed by atoms with Crippen molar-refractivity contribution in [2.75, 3.05) is 39.6 Å². The third kappa shape index (κ3) is 13.8. The van der Waals surface area contributed by atoms with E-state index >= 15 is 0 Å². The summed E-state index contributed by atoms with van der Waals surface area (Å²) >= 11 is 0. The Morgan fingerprint density at radius 3 is 2.12 bits per heavy atom. The van der Waals surface area contributed by atoms with Gasteiger partial charge in [0, 0.05) is 12.1 Å². The van der Waals surface area contributed by atoms with Crippen LogP contribution in [0.25, 0.3) is 0 Å². The van der Waals surface area contributed by atoms with Crippen LogP contribution in [0.15, 0.2) is 0 Å². The van der Waals surface area contributed by atoms with Crippen molar-refractivity contribution in [3.63, 3.8) is 0 Å². The normalized spacial score (nSPS) is 12.0. The Balaban J connectivity index is 2.99. The predicted octanol–water partition coefficient (Wildman–Crippen LogP) is 1.18. The minimum atomic E-state index is 0.0818. The van der Waals surface area contributed by atoms with Gasteiger partial charge in [-0.3, -0.25) is 0 Å². The first-order valence-corrected chi connectivity index (χ1v) is 6.07. The van der Waals surface area contributed by atoms with Crippen LogP contribution in [0, 0.1) is 0 Å². The molecule has 0 aromatic carbocycles. The van der Waals surface area contributed by atoms with E-state index in [1.807, 2.05) is 0 Å².